The summed E-state index contributed by atoms with van der Waals surface area (Å²) in [5.41, 5.74) is 2.81. The summed E-state index contributed by atoms with van der Waals surface area (Å²) in [7, 11) is 0. The molecule has 1 aromatic heterocycles. The molecule has 0 fully saturated rings. The number of nitrogens with zero attached hydrogens (tertiary/aromatic N) is 2. The Morgan fingerprint density at radius 3 is 3.06 bits per heavy atom. The van der Waals surface area contributed by atoms with E-state index in [9.17, 15) is 0 Å². The molecule has 1 atom stereocenters. The molecule has 2 aromatic rings. The molecule has 0 saturated heterocycles. The van der Waals surface area contributed by atoms with E-state index in [4.69, 9.17) is 0 Å². The number of benzene rings is 1. The zero-order valence-corrected chi connectivity index (χ0v) is 9.35. The fourth-order valence-electron chi connectivity index (χ4n) is 2.44. The summed E-state index contributed by atoms with van der Waals surface area (Å²) in [5, 5.41) is 3.46. The molecular formula is C13H15N3. The lowest BCUT2D eigenvalue weighted by Gasteiger charge is -2.28. The van der Waals surface area contributed by atoms with Gasteiger partial charge in [0.15, 0.2) is 0 Å². The van der Waals surface area contributed by atoms with Gasteiger partial charge >= 0.3 is 0 Å². The summed E-state index contributed by atoms with van der Waals surface area (Å²) in [6, 6.07) is 9.01. The average Bonchev–Trinajstić information content (AvgIpc) is 2.75. The number of imidazole rings is 1. The molecule has 0 spiro atoms. The fraction of sp³-hybridized carbons (Fsp3) is 0.308. The number of rotatable bonds is 1. The van der Waals surface area contributed by atoms with Crippen LogP contribution in [0.2, 0.25) is 0 Å². The topological polar surface area (TPSA) is 29.9 Å². The molecule has 16 heavy (non-hydrogen) atoms. The van der Waals surface area contributed by atoms with Gasteiger partial charge in [0.2, 0.25) is 0 Å². The summed E-state index contributed by atoms with van der Waals surface area (Å²) >= 11 is 0. The zero-order chi connectivity index (χ0) is 11.0. The van der Waals surface area contributed by atoms with Crippen molar-refractivity contribution in [1.29, 1.82) is 0 Å². The molecule has 0 bridgehead atoms. The summed E-state index contributed by atoms with van der Waals surface area (Å²) in [4.78, 5) is 4.30. The molecule has 1 N–H and O–H groups in total. The van der Waals surface area contributed by atoms with Crippen molar-refractivity contribution < 1.29 is 0 Å². The quantitative estimate of drug-likeness (QED) is 0.784. The number of nitrogens with one attached hydrogen (secondary N) is 1. The number of aryl methyl sites for hydroxylation is 1. The van der Waals surface area contributed by atoms with E-state index in [-0.39, 0.29) is 0 Å². The van der Waals surface area contributed by atoms with Crippen LogP contribution in [0, 0.1) is 6.92 Å². The summed E-state index contributed by atoms with van der Waals surface area (Å²) in [6.45, 7) is 4.01. The van der Waals surface area contributed by atoms with E-state index < -0.39 is 0 Å². The first kappa shape index (κ1) is 9.60. The second-order valence-electron chi connectivity index (χ2n) is 4.23. The van der Waals surface area contributed by atoms with E-state index in [2.05, 4.69) is 52.3 Å². The van der Waals surface area contributed by atoms with Crippen molar-refractivity contribution in [1.82, 2.24) is 14.9 Å². The molecule has 0 amide bonds. The third kappa shape index (κ3) is 1.44. The Morgan fingerprint density at radius 2 is 2.25 bits per heavy atom. The smallest absolute Gasteiger partial charge is 0.106 e. The first-order chi connectivity index (χ1) is 7.86. The summed E-state index contributed by atoms with van der Waals surface area (Å²) < 4.78 is 2.24. The number of hydrogen-bond donors (Lipinski definition) is 1. The van der Waals surface area contributed by atoms with Crippen molar-refractivity contribution in [2.24, 2.45) is 0 Å². The lowest BCUT2D eigenvalue weighted by molar-refractivity contribution is 0.479. The highest BCUT2D eigenvalue weighted by Crippen LogP contribution is 2.25. The van der Waals surface area contributed by atoms with Gasteiger partial charge in [0.25, 0.3) is 0 Å². The van der Waals surface area contributed by atoms with Crippen molar-refractivity contribution in [2.45, 2.75) is 19.5 Å². The molecular weight excluding hydrogens is 198 g/mol. The Labute approximate surface area is 95.1 Å². The third-order valence-corrected chi connectivity index (χ3v) is 3.27. The minimum atomic E-state index is 0.382. The van der Waals surface area contributed by atoms with E-state index in [0.29, 0.717) is 6.04 Å². The van der Waals surface area contributed by atoms with Crippen LogP contribution >= 0.6 is 0 Å². The van der Waals surface area contributed by atoms with Gasteiger partial charge in [-0.15, -0.1) is 0 Å². The monoisotopic (exact) mass is 213 g/mol. The van der Waals surface area contributed by atoms with E-state index in [1.54, 1.807) is 0 Å². The normalized spacial score (nSPS) is 19.4. The van der Waals surface area contributed by atoms with Crippen molar-refractivity contribution in [3.05, 3.63) is 53.6 Å². The van der Waals surface area contributed by atoms with Gasteiger partial charge in [-0.1, -0.05) is 24.3 Å². The highest BCUT2D eigenvalue weighted by atomic mass is 15.1. The molecule has 1 aliphatic heterocycles. The molecule has 1 aliphatic rings. The van der Waals surface area contributed by atoms with Crippen molar-refractivity contribution in [3.8, 4) is 0 Å². The van der Waals surface area contributed by atoms with Crippen molar-refractivity contribution >= 4 is 0 Å². The second kappa shape index (κ2) is 3.76. The van der Waals surface area contributed by atoms with Crippen LogP contribution in [0.25, 0.3) is 0 Å². The molecule has 0 radical (unpaired) electrons. The average molecular weight is 213 g/mol. The maximum atomic E-state index is 4.30. The maximum absolute atomic E-state index is 4.30. The number of fused-ring (bicyclic) bond motifs is 1. The standard InChI is InChI=1S/C13H15N3/c1-10-15-6-7-16(10)13-9-14-8-11-4-2-3-5-12(11)13/h2-7,13-14H,8-9H2,1H3. The van der Waals surface area contributed by atoms with Crippen LogP contribution in [-0.4, -0.2) is 16.1 Å². The first-order valence-electron chi connectivity index (χ1n) is 5.64. The predicted molar refractivity (Wildman–Crippen MR) is 63.3 cm³/mol. The number of aromatic nitrogens is 2. The highest BCUT2D eigenvalue weighted by Gasteiger charge is 2.21. The van der Waals surface area contributed by atoms with Crippen molar-refractivity contribution in [3.63, 3.8) is 0 Å². The van der Waals surface area contributed by atoms with Crippen LogP contribution in [-0.2, 0) is 6.54 Å². The lowest BCUT2D eigenvalue weighted by Crippen LogP contribution is -2.32. The Balaban J connectivity index is 2.08. The Hall–Kier alpha value is -1.61. The SMILES string of the molecule is Cc1nccn1C1CNCc2ccccc21. The predicted octanol–water partition coefficient (Wildman–Crippen LogP) is 1.88. The molecule has 2 heterocycles. The van der Waals surface area contributed by atoms with Gasteiger partial charge < -0.3 is 9.88 Å². The second-order valence-corrected chi connectivity index (χ2v) is 4.23. The minimum absolute atomic E-state index is 0.382. The molecule has 0 saturated carbocycles. The summed E-state index contributed by atoms with van der Waals surface area (Å²) in [5.74, 6) is 1.07. The lowest BCUT2D eigenvalue weighted by atomic mass is 9.96. The van der Waals surface area contributed by atoms with E-state index >= 15 is 0 Å². The van der Waals surface area contributed by atoms with E-state index in [1.807, 2.05) is 6.20 Å². The van der Waals surface area contributed by atoms with Gasteiger partial charge in [-0.05, 0) is 18.1 Å². The molecule has 1 aromatic carbocycles. The molecule has 0 aliphatic carbocycles. The Kier molecular flexibility index (Phi) is 2.26. The Bertz CT molecular complexity index is 501. The third-order valence-electron chi connectivity index (χ3n) is 3.27. The van der Waals surface area contributed by atoms with Gasteiger partial charge in [-0.25, -0.2) is 4.98 Å². The van der Waals surface area contributed by atoms with Crippen LogP contribution in [0.15, 0.2) is 36.7 Å². The fourth-order valence-corrected chi connectivity index (χ4v) is 2.44. The molecule has 3 rings (SSSR count). The molecule has 1 unspecified atom stereocenters. The van der Waals surface area contributed by atoms with Crippen LogP contribution in [0.4, 0.5) is 0 Å². The maximum Gasteiger partial charge on any atom is 0.106 e. The molecule has 3 heteroatoms. The first-order valence-corrected chi connectivity index (χ1v) is 5.64. The van der Waals surface area contributed by atoms with Gasteiger partial charge in [0.1, 0.15) is 5.82 Å². The van der Waals surface area contributed by atoms with Crippen LogP contribution in [0.1, 0.15) is 23.0 Å². The van der Waals surface area contributed by atoms with Gasteiger partial charge in [0.05, 0.1) is 6.04 Å². The number of hydrogen-bond acceptors (Lipinski definition) is 2. The van der Waals surface area contributed by atoms with E-state index in [0.717, 1.165) is 18.9 Å². The van der Waals surface area contributed by atoms with Gasteiger partial charge in [-0.3, -0.25) is 0 Å². The highest BCUT2D eigenvalue weighted by molar-refractivity contribution is 5.33. The van der Waals surface area contributed by atoms with E-state index in [1.165, 1.54) is 11.1 Å². The van der Waals surface area contributed by atoms with Crippen LogP contribution in [0.3, 0.4) is 0 Å². The molecule has 3 nitrogen and oxygen atoms in total. The Morgan fingerprint density at radius 1 is 1.38 bits per heavy atom. The zero-order valence-electron chi connectivity index (χ0n) is 9.35. The minimum Gasteiger partial charge on any atom is -0.326 e. The van der Waals surface area contributed by atoms with Crippen LogP contribution < -0.4 is 5.32 Å². The van der Waals surface area contributed by atoms with Crippen LogP contribution in [0.5, 0.6) is 0 Å². The van der Waals surface area contributed by atoms with Crippen molar-refractivity contribution in [2.75, 3.05) is 6.54 Å². The van der Waals surface area contributed by atoms with Gasteiger partial charge in [0, 0.05) is 25.5 Å². The molecule has 82 valence electrons. The summed E-state index contributed by atoms with van der Waals surface area (Å²) in [6.07, 6.45) is 3.93. The van der Waals surface area contributed by atoms with Gasteiger partial charge in [-0.2, -0.15) is 0 Å². The largest absolute Gasteiger partial charge is 0.326 e.